The van der Waals surface area contributed by atoms with E-state index in [4.69, 9.17) is 0 Å². The fraction of sp³-hybridized carbons (Fsp3) is 0.364. The zero-order valence-corrected chi connectivity index (χ0v) is 8.83. The first-order valence-electron chi connectivity index (χ1n) is 4.85. The molecule has 1 N–H and O–H groups in total. The van der Waals surface area contributed by atoms with Gasteiger partial charge in [-0.1, -0.05) is 45.9 Å². The van der Waals surface area contributed by atoms with Crippen molar-refractivity contribution in [2.24, 2.45) is 0 Å². The SMILES string of the molecule is CC.CC.[HH].c1ccc2[nH]ncc2c1. The van der Waals surface area contributed by atoms with Crippen LogP contribution in [0.3, 0.4) is 0 Å². The van der Waals surface area contributed by atoms with Crippen LogP contribution >= 0.6 is 0 Å². The molecule has 0 spiro atoms. The summed E-state index contributed by atoms with van der Waals surface area (Å²) in [5, 5.41) is 7.91. The van der Waals surface area contributed by atoms with Crippen molar-refractivity contribution in [2.75, 3.05) is 0 Å². The van der Waals surface area contributed by atoms with Crippen LogP contribution in [0.25, 0.3) is 10.9 Å². The van der Waals surface area contributed by atoms with Crippen molar-refractivity contribution in [1.82, 2.24) is 10.2 Å². The number of H-pyrrole nitrogens is 1. The summed E-state index contributed by atoms with van der Waals surface area (Å²) in [7, 11) is 0. The molecule has 0 unspecified atom stereocenters. The smallest absolute Gasteiger partial charge is 0.0650 e. The summed E-state index contributed by atoms with van der Waals surface area (Å²) in [4.78, 5) is 0. The number of aromatic nitrogens is 2. The van der Waals surface area contributed by atoms with Crippen LogP contribution in [0, 0.1) is 0 Å². The Morgan fingerprint density at radius 1 is 1.08 bits per heavy atom. The maximum atomic E-state index is 3.88. The molecule has 13 heavy (non-hydrogen) atoms. The van der Waals surface area contributed by atoms with Crippen molar-refractivity contribution in [3.8, 4) is 0 Å². The van der Waals surface area contributed by atoms with Gasteiger partial charge in [-0.2, -0.15) is 5.10 Å². The molecule has 1 heterocycles. The van der Waals surface area contributed by atoms with Gasteiger partial charge in [0.25, 0.3) is 0 Å². The standard InChI is InChI=1S/C7H6N2.2C2H6.H2/c1-2-4-7-6(3-1)5-8-9-7;2*1-2;/h1-5H,(H,8,9);2*1-2H3;1H. The minimum Gasteiger partial charge on any atom is -0.278 e. The summed E-state index contributed by atoms with van der Waals surface area (Å²) in [6.07, 6.45) is 1.81. The number of nitrogens with zero attached hydrogens (tertiary/aromatic N) is 1. The summed E-state index contributed by atoms with van der Waals surface area (Å²) >= 11 is 0. The third-order valence-electron chi connectivity index (χ3n) is 1.35. The molecule has 2 heteroatoms. The lowest BCUT2D eigenvalue weighted by Gasteiger charge is -1.81. The monoisotopic (exact) mass is 180 g/mol. The number of aromatic amines is 1. The quantitative estimate of drug-likeness (QED) is 0.655. The van der Waals surface area contributed by atoms with E-state index >= 15 is 0 Å². The van der Waals surface area contributed by atoms with Gasteiger partial charge in [-0.15, -0.1) is 0 Å². The van der Waals surface area contributed by atoms with Gasteiger partial charge in [0.2, 0.25) is 0 Å². The Morgan fingerprint density at radius 3 is 2.31 bits per heavy atom. The molecule has 0 aliphatic rings. The first-order chi connectivity index (χ1) is 6.47. The molecule has 0 bridgehead atoms. The van der Waals surface area contributed by atoms with E-state index in [0.29, 0.717) is 0 Å². The molecule has 0 radical (unpaired) electrons. The average molecular weight is 180 g/mol. The number of para-hydroxylation sites is 1. The van der Waals surface area contributed by atoms with Crippen molar-refractivity contribution in [1.29, 1.82) is 0 Å². The van der Waals surface area contributed by atoms with Crippen molar-refractivity contribution >= 4 is 10.9 Å². The lowest BCUT2D eigenvalue weighted by Crippen LogP contribution is -1.63. The Hall–Kier alpha value is -1.31. The fourth-order valence-corrected chi connectivity index (χ4v) is 0.883. The zero-order valence-electron chi connectivity index (χ0n) is 8.83. The second kappa shape index (κ2) is 7.35. The Labute approximate surface area is 81.5 Å². The topological polar surface area (TPSA) is 28.7 Å². The van der Waals surface area contributed by atoms with Gasteiger partial charge in [0.15, 0.2) is 0 Å². The van der Waals surface area contributed by atoms with Gasteiger partial charge in [0, 0.05) is 6.81 Å². The second-order valence-electron chi connectivity index (χ2n) is 1.96. The summed E-state index contributed by atoms with van der Waals surface area (Å²) in [6.45, 7) is 8.00. The number of rotatable bonds is 0. The predicted octanol–water partition coefficient (Wildman–Crippen LogP) is 3.86. The van der Waals surface area contributed by atoms with Crippen LogP contribution in [-0.4, -0.2) is 10.2 Å². The lowest BCUT2D eigenvalue weighted by atomic mass is 10.3. The highest BCUT2D eigenvalue weighted by atomic mass is 15.1. The summed E-state index contributed by atoms with van der Waals surface area (Å²) in [5.41, 5.74) is 1.09. The van der Waals surface area contributed by atoms with Crippen molar-refractivity contribution in [2.45, 2.75) is 27.7 Å². The molecule has 0 fully saturated rings. The van der Waals surface area contributed by atoms with Gasteiger partial charge in [0.05, 0.1) is 11.7 Å². The molecule has 0 atom stereocenters. The number of hydrogen-bond donors (Lipinski definition) is 1. The van der Waals surface area contributed by atoms with E-state index in [1.165, 1.54) is 0 Å². The maximum Gasteiger partial charge on any atom is 0.0650 e. The molecule has 2 aromatic rings. The summed E-state index contributed by atoms with van der Waals surface area (Å²) < 4.78 is 0. The Balaban J connectivity index is 0. The van der Waals surface area contributed by atoms with Crippen molar-refractivity contribution in [3.63, 3.8) is 0 Å². The van der Waals surface area contributed by atoms with Crippen LogP contribution in [0.5, 0.6) is 0 Å². The van der Waals surface area contributed by atoms with E-state index < -0.39 is 0 Å². The number of benzene rings is 1. The molecule has 0 aliphatic carbocycles. The van der Waals surface area contributed by atoms with Gasteiger partial charge in [-0.25, -0.2) is 0 Å². The Kier molecular flexibility index (Phi) is 6.60. The third-order valence-corrected chi connectivity index (χ3v) is 1.35. The molecule has 74 valence electrons. The highest BCUT2D eigenvalue weighted by molar-refractivity contribution is 5.77. The normalized spacial score (nSPS) is 8.00. The molecular formula is C11H20N2. The van der Waals surface area contributed by atoms with Crippen LogP contribution in [0.15, 0.2) is 30.5 Å². The lowest BCUT2D eigenvalue weighted by molar-refractivity contribution is 1.12. The second-order valence-corrected chi connectivity index (χ2v) is 1.96. The van der Waals surface area contributed by atoms with Gasteiger partial charge in [0.1, 0.15) is 0 Å². The Bertz CT molecular complexity index is 287. The van der Waals surface area contributed by atoms with E-state index in [2.05, 4.69) is 10.2 Å². The van der Waals surface area contributed by atoms with Crippen LogP contribution < -0.4 is 0 Å². The largest absolute Gasteiger partial charge is 0.278 e. The van der Waals surface area contributed by atoms with E-state index in [9.17, 15) is 0 Å². The molecule has 0 saturated heterocycles. The molecular weight excluding hydrogens is 160 g/mol. The first-order valence-corrected chi connectivity index (χ1v) is 4.85. The van der Waals surface area contributed by atoms with Crippen molar-refractivity contribution < 1.29 is 1.43 Å². The van der Waals surface area contributed by atoms with E-state index in [1.807, 2.05) is 58.2 Å². The fourth-order valence-electron chi connectivity index (χ4n) is 0.883. The first kappa shape index (κ1) is 11.7. The maximum absolute atomic E-state index is 3.88. The minimum atomic E-state index is 0. The van der Waals surface area contributed by atoms with Crippen LogP contribution in [-0.2, 0) is 0 Å². The molecule has 2 nitrogen and oxygen atoms in total. The van der Waals surface area contributed by atoms with Gasteiger partial charge in [-0.05, 0) is 6.07 Å². The number of nitrogens with one attached hydrogen (secondary N) is 1. The summed E-state index contributed by atoms with van der Waals surface area (Å²) in [5.74, 6) is 0. The van der Waals surface area contributed by atoms with Gasteiger partial charge < -0.3 is 0 Å². The third kappa shape index (κ3) is 3.28. The Morgan fingerprint density at radius 2 is 1.69 bits per heavy atom. The highest BCUT2D eigenvalue weighted by Crippen LogP contribution is 2.06. The van der Waals surface area contributed by atoms with E-state index in [1.54, 1.807) is 0 Å². The predicted molar refractivity (Wildman–Crippen MR) is 60.9 cm³/mol. The molecule has 0 saturated carbocycles. The molecule has 0 aliphatic heterocycles. The van der Waals surface area contributed by atoms with Gasteiger partial charge in [-0.3, -0.25) is 5.10 Å². The molecule has 2 rings (SSSR count). The molecule has 0 amide bonds. The van der Waals surface area contributed by atoms with Crippen LogP contribution in [0.1, 0.15) is 29.1 Å². The van der Waals surface area contributed by atoms with E-state index in [0.717, 1.165) is 10.9 Å². The van der Waals surface area contributed by atoms with Crippen LogP contribution in [0.4, 0.5) is 0 Å². The zero-order chi connectivity index (χ0) is 10.1. The number of fused-ring (bicyclic) bond motifs is 1. The van der Waals surface area contributed by atoms with E-state index in [-0.39, 0.29) is 1.43 Å². The minimum absolute atomic E-state index is 0. The van der Waals surface area contributed by atoms with Crippen LogP contribution in [0.2, 0.25) is 0 Å². The molecule has 1 aromatic heterocycles. The number of hydrogen-bond acceptors (Lipinski definition) is 1. The summed E-state index contributed by atoms with van der Waals surface area (Å²) in [6, 6.07) is 8.01. The highest BCUT2D eigenvalue weighted by Gasteiger charge is 1.88. The van der Waals surface area contributed by atoms with Gasteiger partial charge >= 0.3 is 0 Å². The average Bonchev–Trinajstić information content (AvgIpc) is 2.71. The molecule has 1 aromatic carbocycles. The van der Waals surface area contributed by atoms with Crippen molar-refractivity contribution in [3.05, 3.63) is 30.5 Å².